The van der Waals surface area contributed by atoms with Crippen LogP contribution in [0.2, 0.25) is 0 Å². The predicted molar refractivity (Wildman–Crippen MR) is 58.7 cm³/mol. The SMILES string of the molecule is ClC(Cl)CCCCCCC(Cl)Cl. The van der Waals surface area contributed by atoms with Gasteiger partial charge in [0.2, 0.25) is 0 Å². The molecule has 0 aromatic carbocycles. The van der Waals surface area contributed by atoms with Crippen LogP contribution in [0.5, 0.6) is 0 Å². The fourth-order valence-electron chi connectivity index (χ4n) is 0.951. The normalized spacial score (nSPS) is 11.5. The lowest BCUT2D eigenvalue weighted by atomic mass is 10.1. The van der Waals surface area contributed by atoms with Crippen molar-refractivity contribution in [1.29, 1.82) is 0 Å². The number of alkyl halides is 4. The Kier molecular flexibility index (Phi) is 9.59. The smallest absolute Gasteiger partial charge is 0.105 e. The van der Waals surface area contributed by atoms with Crippen molar-refractivity contribution in [2.24, 2.45) is 0 Å². The fourth-order valence-corrected chi connectivity index (χ4v) is 1.57. The molecule has 0 radical (unpaired) electrons. The lowest BCUT2D eigenvalue weighted by Crippen LogP contribution is -1.89. The van der Waals surface area contributed by atoms with Gasteiger partial charge in [-0.05, 0) is 12.8 Å². The van der Waals surface area contributed by atoms with Gasteiger partial charge < -0.3 is 0 Å². The summed E-state index contributed by atoms with van der Waals surface area (Å²) in [6.07, 6.45) is 6.27. The van der Waals surface area contributed by atoms with Gasteiger partial charge in [0.15, 0.2) is 0 Å². The van der Waals surface area contributed by atoms with E-state index in [2.05, 4.69) is 0 Å². The minimum Gasteiger partial charge on any atom is -0.105 e. The second-order valence-corrected chi connectivity index (χ2v) is 5.33. The van der Waals surface area contributed by atoms with Crippen molar-refractivity contribution in [3.63, 3.8) is 0 Å². The van der Waals surface area contributed by atoms with Gasteiger partial charge in [-0.25, -0.2) is 0 Å². The minimum atomic E-state index is -0.209. The molecule has 0 nitrogen and oxygen atoms in total. The lowest BCUT2D eigenvalue weighted by molar-refractivity contribution is 0.616. The first-order valence-electron chi connectivity index (χ1n) is 4.19. The van der Waals surface area contributed by atoms with E-state index in [0.717, 1.165) is 38.5 Å². The van der Waals surface area contributed by atoms with Gasteiger partial charge in [0, 0.05) is 0 Å². The molecule has 12 heavy (non-hydrogen) atoms. The third kappa shape index (κ3) is 11.2. The summed E-state index contributed by atoms with van der Waals surface area (Å²) in [6.45, 7) is 0. The van der Waals surface area contributed by atoms with Gasteiger partial charge in [-0.2, -0.15) is 0 Å². The van der Waals surface area contributed by atoms with Gasteiger partial charge in [0.1, 0.15) is 9.67 Å². The monoisotopic (exact) mass is 250 g/mol. The van der Waals surface area contributed by atoms with E-state index in [1.807, 2.05) is 0 Å². The first kappa shape index (κ1) is 13.2. The zero-order chi connectivity index (χ0) is 9.40. The molecule has 0 amide bonds. The highest BCUT2D eigenvalue weighted by molar-refractivity contribution is 6.44. The van der Waals surface area contributed by atoms with Crippen LogP contribution in [-0.2, 0) is 0 Å². The maximum atomic E-state index is 5.56. The molecular formula is C8H14Cl4. The molecule has 0 heterocycles. The van der Waals surface area contributed by atoms with Crippen LogP contribution in [0.15, 0.2) is 0 Å². The summed E-state index contributed by atoms with van der Waals surface area (Å²) in [7, 11) is 0. The van der Waals surface area contributed by atoms with E-state index in [1.54, 1.807) is 0 Å². The first-order valence-corrected chi connectivity index (χ1v) is 5.94. The summed E-state index contributed by atoms with van der Waals surface area (Å²) >= 11 is 22.3. The van der Waals surface area contributed by atoms with Gasteiger partial charge in [-0.15, -0.1) is 46.4 Å². The van der Waals surface area contributed by atoms with E-state index >= 15 is 0 Å². The molecule has 0 saturated carbocycles. The van der Waals surface area contributed by atoms with Gasteiger partial charge in [-0.3, -0.25) is 0 Å². The highest BCUT2D eigenvalue weighted by Gasteiger charge is 2.00. The van der Waals surface area contributed by atoms with Crippen molar-refractivity contribution in [2.75, 3.05) is 0 Å². The lowest BCUT2D eigenvalue weighted by Gasteiger charge is -2.02. The number of halogens is 4. The Labute approximate surface area is 94.5 Å². The largest absolute Gasteiger partial charge is 0.107 e. The average Bonchev–Trinajstić information content (AvgIpc) is 1.95. The van der Waals surface area contributed by atoms with Crippen molar-refractivity contribution in [3.05, 3.63) is 0 Å². The molecule has 0 aliphatic carbocycles. The van der Waals surface area contributed by atoms with Crippen molar-refractivity contribution in [2.45, 2.75) is 48.2 Å². The van der Waals surface area contributed by atoms with Crippen LogP contribution in [0, 0.1) is 0 Å². The second kappa shape index (κ2) is 8.74. The summed E-state index contributed by atoms with van der Waals surface area (Å²) in [5.74, 6) is 0. The molecule has 0 aromatic heterocycles. The Morgan fingerprint density at radius 2 is 0.917 bits per heavy atom. The van der Waals surface area contributed by atoms with Crippen molar-refractivity contribution in [1.82, 2.24) is 0 Å². The molecule has 0 unspecified atom stereocenters. The van der Waals surface area contributed by atoms with E-state index in [0.29, 0.717) is 0 Å². The van der Waals surface area contributed by atoms with Gasteiger partial charge in [-0.1, -0.05) is 25.7 Å². The number of unbranched alkanes of at least 4 members (excludes halogenated alkanes) is 3. The molecule has 0 aliphatic heterocycles. The number of hydrogen-bond acceptors (Lipinski definition) is 0. The summed E-state index contributed by atoms with van der Waals surface area (Å²) < 4.78 is 0. The Hall–Kier alpha value is 1.16. The zero-order valence-electron chi connectivity index (χ0n) is 6.91. The highest BCUT2D eigenvalue weighted by atomic mass is 35.5. The predicted octanol–water partition coefficient (Wildman–Crippen LogP) is 4.93. The average molecular weight is 252 g/mol. The van der Waals surface area contributed by atoms with Crippen molar-refractivity contribution in [3.8, 4) is 0 Å². The maximum absolute atomic E-state index is 5.56. The molecule has 4 heteroatoms. The summed E-state index contributed by atoms with van der Waals surface area (Å²) in [5, 5.41) is 0. The molecule has 0 rings (SSSR count). The van der Waals surface area contributed by atoms with Gasteiger partial charge in [0.25, 0.3) is 0 Å². The molecule has 0 spiro atoms. The van der Waals surface area contributed by atoms with E-state index in [-0.39, 0.29) is 9.67 Å². The number of hydrogen-bond donors (Lipinski definition) is 0. The third-order valence-electron chi connectivity index (χ3n) is 1.59. The molecule has 0 N–H and O–H groups in total. The van der Waals surface area contributed by atoms with Crippen LogP contribution in [0.1, 0.15) is 38.5 Å². The van der Waals surface area contributed by atoms with Crippen LogP contribution in [0.4, 0.5) is 0 Å². The van der Waals surface area contributed by atoms with Crippen LogP contribution < -0.4 is 0 Å². The molecular weight excluding hydrogens is 238 g/mol. The third-order valence-corrected chi connectivity index (χ3v) is 2.47. The fraction of sp³-hybridized carbons (Fsp3) is 1.00. The van der Waals surface area contributed by atoms with Gasteiger partial charge >= 0.3 is 0 Å². The summed E-state index contributed by atoms with van der Waals surface area (Å²) in [4.78, 5) is -0.419. The van der Waals surface area contributed by atoms with E-state index < -0.39 is 0 Å². The maximum Gasteiger partial charge on any atom is 0.107 e. The topological polar surface area (TPSA) is 0 Å². The molecule has 0 aliphatic rings. The van der Waals surface area contributed by atoms with Crippen LogP contribution in [0.25, 0.3) is 0 Å². The second-order valence-electron chi connectivity index (χ2n) is 2.77. The summed E-state index contributed by atoms with van der Waals surface area (Å²) in [5.41, 5.74) is 0. The standard InChI is InChI=1S/C8H14Cl4/c9-7(10)5-3-1-2-4-6-8(11)12/h7-8H,1-6H2. The molecule has 0 fully saturated rings. The molecule has 74 valence electrons. The molecule has 0 bridgehead atoms. The molecule has 0 aromatic rings. The van der Waals surface area contributed by atoms with Crippen LogP contribution in [-0.4, -0.2) is 9.67 Å². The minimum absolute atomic E-state index is 0.209. The quantitative estimate of drug-likeness (QED) is 0.445. The van der Waals surface area contributed by atoms with Crippen molar-refractivity contribution >= 4 is 46.4 Å². The molecule has 0 saturated heterocycles. The van der Waals surface area contributed by atoms with E-state index in [4.69, 9.17) is 46.4 Å². The van der Waals surface area contributed by atoms with Crippen LogP contribution in [0.3, 0.4) is 0 Å². The van der Waals surface area contributed by atoms with Gasteiger partial charge in [0.05, 0.1) is 0 Å². The number of rotatable bonds is 7. The van der Waals surface area contributed by atoms with E-state index in [9.17, 15) is 0 Å². The Morgan fingerprint density at radius 1 is 0.583 bits per heavy atom. The van der Waals surface area contributed by atoms with E-state index in [1.165, 1.54) is 0 Å². The first-order chi connectivity index (χ1) is 5.63. The Balaban J connectivity index is 2.91. The Morgan fingerprint density at radius 3 is 1.17 bits per heavy atom. The highest BCUT2D eigenvalue weighted by Crippen LogP contribution is 2.16. The van der Waals surface area contributed by atoms with Crippen molar-refractivity contribution < 1.29 is 0 Å². The summed E-state index contributed by atoms with van der Waals surface area (Å²) in [6, 6.07) is 0. The zero-order valence-corrected chi connectivity index (χ0v) is 9.93. The molecule has 0 atom stereocenters. The Bertz CT molecular complexity index is 81.1. The van der Waals surface area contributed by atoms with Crippen LogP contribution >= 0.6 is 46.4 Å².